The van der Waals surface area contributed by atoms with E-state index in [1.54, 1.807) is 18.3 Å². The van der Waals surface area contributed by atoms with Gasteiger partial charge in [0.2, 0.25) is 0 Å². The molecule has 0 spiro atoms. The van der Waals surface area contributed by atoms with Gasteiger partial charge in [-0.25, -0.2) is 14.4 Å². The molecule has 4 aromatic rings. The summed E-state index contributed by atoms with van der Waals surface area (Å²) in [6.07, 6.45) is 1.76. The maximum Gasteiger partial charge on any atom is 0.138 e. The fourth-order valence-corrected chi connectivity index (χ4v) is 3.01. The van der Waals surface area contributed by atoms with Gasteiger partial charge in [0.15, 0.2) is 0 Å². The fraction of sp³-hybridized carbons (Fsp3) is 0.0952. The highest BCUT2D eigenvalue weighted by Crippen LogP contribution is 2.33. The second kappa shape index (κ2) is 6.88. The van der Waals surface area contributed by atoms with Crippen molar-refractivity contribution < 1.29 is 4.39 Å². The number of pyridine rings is 1. The van der Waals surface area contributed by atoms with E-state index in [4.69, 9.17) is 0 Å². The molecule has 0 bridgehead atoms. The van der Waals surface area contributed by atoms with Crippen LogP contribution in [0.5, 0.6) is 0 Å². The number of halogens is 1. The summed E-state index contributed by atoms with van der Waals surface area (Å²) in [5.74, 6) is 1.07. The minimum Gasteiger partial charge on any atom is -0.364 e. The van der Waals surface area contributed by atoms with Gasteiger partial charge < -0.3 is 5.32 Å². The van der Waals surface area contributed by atoms with E-state index in [0.29, 0.717) is 23.8 Å². The lowest BCUT2D eigenvalue weighted by molar-refractivity contribution is 0.631. The molecule has 0 radical (unpaired) electrons. The number of anilines is 1. The Labute approximate surface area is 150 Å². The van der Waals surface area contributed by atoms with E-state index in [1.807, 2.05) is 49.4 Å². The first-order valence-corrected chi connectivity index (χ1v) is 8.38. The summed E-state index contributed by atoms with van der Waals surface area (Å²) in [6, 6.07) is 18.2. The van der Waals surface area contributed by atoms with Crippen LogP contribution in [0.1, 0.15) is 11.5 Å². The maximum absolute atomic E-state index is 14.4. The van der Waals surface area contributed by atoms with Crippen molar-refractivity contribution in [3.63, 3.8) is 0 Å². The molecule has 26 heavy (non-hydrogen) atoms. The first kappa shape index (κ1) is 16.1. The van der Waals surface area contributed by atoms with Gasteiger partial charge >= 0.3 is 0 Å². The predicted molar refractivity (Wildman–Crippen MR) is 101 cm³/mol. The molecule has 0 atom stereocenters. The normalized spacial score (nSPS) is 10.8. The smallest absolute Gasteiger partial charge is 0.138 e. The Morgan fingerprint density at radius 3 is 2.50 bits per heavy atom. The standard InChI is InChI=1S/C21H17FN4/c1-14-25-19-11-6-9-17(16-8-2-3-10-18(16)22)20(19)21(26-14)24-13-15-7-4-5-12-23-15/h2-12H,13H2,1H3,(H,24,25,26). The van der Waals surface area contributed by atoms with E-state index in [-0.39, 0.29) is 5.82 Å². The van der Waals surface area contributed by atoms with Crippen molar-refractivity contribution in [2.24, 2.45) is 0 Å². The van der Waals surface area contributed by atoms with Crippen LogP contribution >= 0.6 is 0 Å². The van der Waals surface area contributed by atoms with Gasteiger partial charge in [-0.2, -0.15) is 0 Å². The van der Waals surface area contributed by atoms with Crippen LogP contribution < -0.4 is 5.32 Å². The molecule has 0 saturated heterocycles. The third-order valence-corrected chi connectivity index (χ3v) is 4.16. The maximum atomic E-state index is 14.4. The first-order valence-electron chi connectivity index (χ1n) is 8.38. The minimum absolute atomic E-state index is 0.267. The van der Waals surface area contributed by atoms with Crippen LogP contribution in [0, 0.1) is 12.7 Å². The molecular formula is C21H17FN4. The second-order valence-electron chi connectivity index (χ2n) is 5.97. The van der Waals surface area contributed by atoms with E-state index < -0.39 is 0 Å². The molecule has 0 aliphatic carbocycles. The summed E-state index contributed by atoms with van der Waals surface area (Å²) in [5, 5.41) is 4.14. The van der Waals surface area contributed by atoms with Crippen molar-refractivity contribution in [3.8, 4) is 11.1 Å². The number of aromatic nitrogens is 3. The Hall–Kier alpha value is -3.34. The fourth-order valence-electron chi connectivity index (χ4n) is 3.01. The van der Waals surface area contributed by atoms with Crippen molar-refractivity contribution >= 4 is 16.7 Å². The third-order valence-electron chi connectivity index (χ3n) is 4.16. The molecule has 5 heteroatoms. The van der Waals surface area contributed by atoms with Crippen LogP contribution in [0.25, 0.3) is 22.0 Å². The predicted octanol–water partition coefficient (Wildman–Crippen LogP) is 4.75. The Morgan fingerprint density at radius 1 is 0.885 bits per heavy atom. The lowest BCUT2D eigenvalue weighted by Gasteiger charge is -2.13. The van der Waals surface area contributed by atoms with Gasteiger partial charge in [-0.15, -0.1) is 0 Å². The number of hydrogen-bond donors (Lipinski definition) is 1. The third kappa shape index (κ3) is 3.11. The molecule has 4 nitrogen and oxygen atoms in total. The van der Waals surface area contributed by atoms with Gasteiger partial charge in [-0.1, -0.05) is 36.4 Å². The first-order chi connectivity index (χ1) is 12.7. The average Bonchev–Trinajstić information content (AvgIpc) is 2.66. The number of nitrogens with one attached hydrogen (secondary N) is 1. The molecule has 0 amide bonds. The van der Waals surface area contributed by atoms with E-state index in [1.165, 1.54) is 6.07 Å². The number of hydrogen-bond acceptors (Lipinski definition) is 4. The summed E-state index contributed by atoms with van der Waals surface area (Å²) in [6.45, 7) is 2.37. The van der Waals surface area contributed by atoms with Crippen LogP contribution in [0.4, 0.5) is 10.2 Å². The van der Waals surface area contributed by atoms with Crippen LogP contribution in [-0.2, 0) is 6.54 Å². The molecule has 4 rings (SSSR count). The van der Waals surface area contributed by atoms with Gasteiger partial charge in [-0.05, 0) is 36.8 Å². The number of fused-ring (bicyclic) bond motifs is 1. The van der Waals surface area contributed by atoms with Crippen molar-refractivity contribution in [2.45, 2.75) is 13.5 Å². The van der Waals surface area contributed by atoms with Crippen LogP contribution in [0.15, 0.2) is 66.9 Å². The molecule has 0 aliphatic heterocycles. The zero-order valence-corrected chi connectivity index (χ0v) is 14.3. The van der Waals surface area contributed by atoms with Crippen molar-refractivity contribution in [3.05, 3.63) is 84.2 Å². The van der Waals surface area contributed by atoms with E-state index >= 15 is 0 Å². The zero-order valence-electron chi connectivity index (χ0n) is 14.3. The van der Waals surface area contributed by atoms with Crippen molar-refractivity contribution in [1.29, 1.82) is 0 Å². The molecule has 0 unspecified atom stereocenters. The number of benzene rings is 2. The highest BCUT2D eigenvalue weighted by atomic mass is 19.1. The van der Waals surface area contributed by atoms with E-state index in [9.17, 15) is 4.39 Å². The number of aryl methyl sites for hydroxylation is 1. The van der Waals surface area contributed by atoms with Crippen molar-refractivity contribution in [1.82, 2.24) is 15.0 Å². The Bertz CT molecular complexity index is 1060. The highest BCUT2D eigenvalue weighted by Gasteiger charge is 2.14. The van der Waals surface area contributed by atoms with E-state index in [2.05, 4.69) is 20.3 Å². The van der Waals surface area contributed by atoms with Gasteiger partial charge in [0.05, 0.1) is 23.1 Å². The largest absolute Gasteiger partial charge is 0.364 e. The lowest BCUT2D eigenvalue weighted by atomic mass is 10.00. The second-order valence-corrected chi connectivity index (χ2v) is 5.97. The quantitative estimate of drug-likeness (QED) is 0.580. The topological polar surface area (TPSA) is 50.7 Å². The van der Waals surface area contributed by atoms with Crippen LogP contribution in [0.3, 0.4) is 0 Å². The number of rotatable bonds is 4. The Kier molecular flexibility index (Phi) is 4.27. The average molecular weight is 344 g/mol. The molecule has 0 saturated carbocycles. The molecular weight excluding hydrogens is 327 g/mol. The van der Waals surface area contributed by atoms with Crippen LogP contribution in [0.2, 0.25) is 0 Å². The zero-order chi connectivity index (χ0) is 17.9. The Morgan fingerprint density at radius 2 is 1.69 bits per heavy atom. The van der Waals surface area contributed by atoms with Crippen LogP contribution in [-0.4, -0.2) is 15.0 Å². The molecule has 2 heterocycles. The summed E-state index contributed by atoms with van der Waals surface area (Å²) in [5.41, 5.74) is 2.98. The molecule has 1 N–H and O–H groups in total. The van der Waals surface area contributed by atoms with Gasteiger partial charge in [-0.3, -0.25) is 4.98 Å². The molecule has 0 aliphatic rings. The lowest BCUT2D eigenvalue weighted by Crippen LogP contribution is -2.06. The molecule has 2 aromatic heterocycles. The Balaban J connectivity index is 1.85. The summed E-state index contributed by atoms with van der Waals surface area (Å²) in [7, 11) is 0. The molecule has 128 valence electrons. The molecule has 0 fully saturated rings. The minimum atomic E-state index is -0.267. The summed E-state index contributed by atoms with van der Waals surface area (Å²) >= 11 is 0. The van der Waals surface area contributed by atoms with Gasteiger partial charge in [0.25, 0.3) is 0 Å². The van der Waals surface area contributed by atoms with Crippen molar-refractivity contribution in [2.75, 3.05) is 5.32 Å². The number of nitrogens with zero attached hydrogens (tertiary/aromatic N) is 3. The monoisotopic (exact) mass is 344 g/mol. The molecule has 2 aromatic carbocycles. The SMILES string of the molecule is Cc1nc(NCc2ccccn2)c2c(-c3ccccc3F)cccc2n1. The summed E-state index contributed by atoms with van der Waals surface area (Å²) in [4.78, 5) is 13.4. The highest BCUT2D eigenvalue weighted by molar-refractivity contribution is 6.01. The van der Waals surface area contributed by atoms with E-state index in [0.717, 1.165) is 22.2 Å². The summed E-state index contributed by atoms with van der Waals surface area (Å²) < 4.78 is 14.4. The van der Waals surface area contributed by atoms with Gasteiger partial charge in [0.1, 0.15) is 17.5 Å². The van der Waals surface area contributed by atoms with Gasteiger partial charge in [0, 0.05) is 11.8 Å².